The molecule has 4 nitrogen and oxygen atoms in total. The molecule has 11 heavy (non-hydrogen) atoms. The van der Waals surface area contributed by atoms with Gasteiger partial charge in [-0.1, -0.05) is 15.9 Å². The lowest BCUT2D eigenvalue weighted by atomic mass is 10.2. The lowest BCUT2D eigenvalue weighted by Gasteiger charge is -2.25. The number of hydrogen-bond donors (Lipinski definition) is 2. The summed E-state index contributed by atoms with van der Waals surface area (Å²) in [6, 6.07) is -0.811. The van der Waals surface area contributed by atoms with E-state index in [1.165, 1.54) is 0 Å². The van der Waals surface area contributed by atoms with E-state index in [0.717, 1.165) is 0 Å². The lowest BCUT2D eigenvalue weighted by Crippen LogP contribution is -2.59. The molecule has 6 heteroatoms. The van der Waals surface area contributed by atoms with Crippen LogP contribution >= 0.6 is 27.5 Å². The molecule has 0 saturated carbocycles. The third-order valence-electron chi connectivity index (χ3n) is 1.32. The van der Waals surface area contributed by atoms with Gasteiger partial charge in [-0.25, -0.2) is 4.79 Å². The molecular formula is C5H6BrClN2O2. The van der Waals surface area contributed by atoms with Gasteiger partial charge in [-0.3, -0.25) is 10.1 Å². The highest BCUT2D eigenvalue weighted by Crippen LogP contribution is 2.10. The quantitative estimate of drug-likeness (QED) is 0.644. The summed E-state index contributed by atoms with van der Waals surface area (Å²) in [7, 11) is 0. The highest BCUT2D eigenvalue weighted by molar-refractivity contribution is 9.10. The van der Waals surface area contributed by atoms with Crippen molar-refractivity contribution in [1.29, 1.82) is 0 Å². The Labute approximate surface area is 76.8 Å². The zero-order valence-corrected chi connectivity index (χ0v) is 7.78. The molecular weight excluding hydrogens is 235 g/mol. The zero-order valence-electron chi connectivity index (χ0n) is 5.43. The highest BCUT2D eigenvalue weighted by Gasteiger charge is 2.32. The molecule has 2 atom stereocenters. The van der Waals surface area contributed by atoms with Gasteiger partial charge < -0.3 is 5.32 Å². The maximum atomic E-state index is 10.9. The Morgan fingerprint density at radius 1 is 1.55 bits per heavy atom. The topological polar surface area (TPSA) is 58.2 Å². The molecule has 0 bridgehead atoms. The van der Waals surface area contributed by atoms with Crippen LogP contribution in [0, 0.1) is 0 Å². The maximum Gasteiger partial charge on any atom is 0.321 e. The van der Waals surface area contributed by atoms with Crippen molar-refractivity contribution in [1.82, 2.24) is 10.6 Å². The molecule has 1 aliphatic heterocycles. The summed E-state index contributed by atoms with van der Waals surface area (Å²) < 4.78 is 0. The average molecular weight is 241 g/mol. The number of rotatable bonds is 1. The number of hydrogen-bond acceptors (Lipinski definition) is 2. The van der Waals surface area contributed by atoms with Crippen molar-refractivity contribution in [3.63, 3.8) is 0 Å². The molecule has 0 aromatic heterocycles. The van der Waals surface area contributed by atoms with Crippen LogP contribution in [0.5, 0.6) is 0 Å². The summed E-state index contributed by atoms with van der Waals surface area (Å²) in [6.45, 7) is 0. The fourth-order valence-electron chi connectivity index (χ4n) is 0.758. The molecule has 1 saturated heterocycles. The van der Waals surface area contributed by atoms with Gasteiger partial charge >= 0.3 is 6.03 Å². The van der Waals surface area contributed by atoms with Gasteiger partial charge in [-0.2, -0.15) is 0 Å². The van der Waals surface area contributed by atoms with Gasteiger partial charge in [0.2, 0.25) is 5.91 Å². The predicted molar refractivity (Wildman–Crippen MR) is 43.9 cm³/mol. The summed E-state index contributed by atoms with van der Waals surface area (Å²) >= 11 is 8.58. The number of urea groups is 1. The predicted octanol–water partition coefficient (Wildman–Crippen LogP) is 0.197. The molecule has 1 heterocycles. The van der Waals surface area contributed by atoms with Gasteiger partial charge in [0, 0.05) is 5.88 Å². The SMILES string of the molecule is O=C1NC(=O)C(Br)C(CCl)N1. The van der Waals surface area contributed by atoms with Gasteiger partial charge in [0.25, 0.3) is 0 Å². The molecule has 3 amide bonds. The number of halogens is 2. The molecule has 1 aliphatic rings. The number of carbonyl (C=O) groups excluding carboxylic acids is 2. The van der Waals surface area contributed by atoms with Gasteiger partial charge in [0.15, 0.2) is 0 Å². The molecule has 2 N–H and O–H groups in total. The minimum Gasteiger partial charge on any atom is -0.332 e. The molecule has 0 aliphatic carbocycles. The van der Waals surface area contributed by atoms with E-state index < -0.39 is 10.9 Å². The summed E-state index contributed by atoms with van der Waals surface area (Å²) in [5.41, 5.74) is 0. The molecule has 0 aromatic carbocycles. The molecule has 0 spiro atoms. The minimum atomic E-state index is -0.489. The third-order valence-corrected chi connectivity index (χ3v) is 2.71. The van der Waals surface area contributed by atoms with Gasteiger partial charge in [0.1, 0.15) is 4.83 Å². The van der Waals surface area contributed by atoms with Crippen molar-refractivity contribution in [2.24, 2.45) is 0 Å². The van der Waals surface area contributed by atoms with Crippen LogP contribution in [0.4, 0.5) is 4.79 Å². The van der Waals surface area contributed by atoms with Crippen molar-refractivity contribution in [2.45, 2.75) is 10.9 Å². The van der Waals surface area contributed by atoms with Crippen LogP contribution in [0.15, 0.2) is 0 Å². The Balaban J connectivity index is 2.66. The lowest BCUT2D eigenvalue weighted by molar-refractivity contribution is -0.120. The monoisotopic (exact) mass is 240 g/mol. The van der Waals surface area contributed by atoms with E-state index in [4.69, 9.17) is 11.6 Å². The molecule has 62 valence electrons. The molecule has 0 radical (unpaired) electrons. The Hall–Kier alpha value is -0.290. The number of alkyl halides is 2. The van der Waals surface area contributed by atoms with Crippen LogP contribution < -0.4 is 10.6 Å². The Kier molecular flexibility index (Phi) is 2.72. The normalized spacial score (nSPS) is 31.1. The zero-order chi connectivity index (χ0) is 8.43. The van der Waals surface area contributed by atoms with Crippen molar-refractivity contribution in [3.05, 3.63) is 0 Å². The van der Waals surface area contributed by atoms with E-state index in [9.17, 15) is 9.59 Å². The summed E-state index contributed by atoms with van der Waals surface area (Å²) in [6.07, 6.45) is 0. The van der Waals surface area contributed by atoms with Crippen molar-refractivity contribution in [3.8, 4) is 0 Å². The first-order valence-corrected chi connectivity index (χ1v) is 4.41. The standard InChI is InChI=1S/C5H6BrClN2O2/c6-3-2(1-7)8-5(11)9-4(3)10/h2-3H,1H2,(H2,8,9,10,11). The summed E-state index contributed by atoms with van der Waals surface area (Å²) in [5, 5.41) is 4.60. The molecule has 1 rings (SSSR count). The second-order valence-corrected chi connectivity index (χ2v) is 3.42. The average Bonchev–Trinajstić information content (AvgIpc) is 1.96. The number of imide groups is 1. The second kappa shape index (κ2) is 3.40. The van der Waals surface area contributed by atoms with Gasteiger partial charge in [0.05, 0.1) is 6.04 Å². The largest absolute Gasteiger partial charge is 0.332 e. The van der Waals surface area contributed by atoms with E-state index in [0.29, 0.717) is 0 Å². The van der Waals surface area contributed by atoms with Crippen LogP contribution in [0.1, 0.15) is 0 Å². The highest BCUT2D eigenvalue weighted by atomic mass is 79.9. The first-order valence-electron chi connectivity index (χ1n) is 2.96. The van der Waals surface area contributed by atoms with Crippen molar-refractivity contribution in [2.75, 3.05) is 5.88 Å². The number of amides is 3. The minimum absolute atomic E-state index is 0.217. The Morgan fingerprint density at radius 3 is 2.73 bits per heavy atom. The summed E-state index contributed by atoms with van der Waals surface area (Å²) in [5.74, 6) is -0.130. The first kappa shape index (κ1) is 8.80. The fraction of sp³-hybridized carbons (Fsp3) is 0.600. The number of nitrogens with one attached hydrogen (secondary N) is 2. The van der Waals surface area contributed by atoms with E-state index in [2.05, 4.69) is 26.6 Å². The van der Waals surface area contributed by atoms with Crippen LogP contribution in [-0.4, -0.2) is 28.7 Å². The van der Waals surface area contributed by atoms with E-state index >= 15 is 0 Å². The van der Waals surface area contributed by atoms with Crippen molar-refractivity contribution >= 4 is 39.5 Å². The fourth-order valence-corrected chi connectivity index (χ4v) is 1.66. The molecule has 2 unspecified atom stereocenters. The van der Waals surface area contributed by atoms with Crippen LogP contribution in [0.25, 0.3) is 0 Å². The van der Waals surface area contributed by atoms with Crippen LogP contribution in [0.2, 0.25) is 0 Å². The third kappa shape index (κ3) is 1.84. The smallest absolute Gasteiger partial charge is 0.321 e. The van der Waals surface area contributed by atoms with Gasteiger partial charge in [-0.15, -0.1) is 11.6 Å². The van der Waals surface area contributed by atoms with Crippen LogP contribution in [-0.2, 0) is 4.79 Å². The first-order chi connectivity index (χ1) is 5.15. The van der Waals surface area contributed by atoms with E-state index in [1.54, 1.807) is 0 Å². The Morgan fingerprint density at radius 2 is 2.18 bits per heavy atom. The van der Waals surface area contributed by atoms with E-state index in [-0.39, 0.29) is 17.8 Å². The van der Waals surface area contributed by atoms with Crippen LogP contribution in [0.3, 0.4) is 0 Å². The van der Waals surface area contributed by atoms with Crippen molar-refractivity contribution < 1.29 is 9.59 Å². The maximum absolute atomic E-state index is 10.9. The Bertz CT molecular complexity index is 199. The van der Waals surface area contributed by atoms with Gasteiger partial charge in [-0.05, 0) is 0 Å². The molecule has 1 fully saturated rings. The number of carbonyl (C=O) groups is 2. The summed E-state index contributed by atoms with van der Waals surface area (Å²) in [4.78, 5) is 21.1. The second-order valence-electron chi connectivity index (χ2n) is 2.13. The van der Waals surface area contributed by atoms with E-state index in [1.807, 2.05) is 0 Å². The molecule has 0 aromatic rings.